The lowest BCUT2D eigenvalue weighted by Gasteiger charge is -2.39. The normalized spacial score (nSPS) is 18.9. The van der Waals surface area contributed by atoms with Gasteiger partial charge in [0, 0.05) is 44.0 Å². The minimum Gasteiger partial charge on any atom is -0.481 e. The summed E-state index contributed by atoms with van der Waals surface area (Å²) in [5.74, 6) is -1.07. The van der Waals surface area contributed by atoms with Crippen molar-refractivity contribution in [1.29, 1.82) is 0 Å². The number of aliphatic carboxylic acids is 1. The minimum absolute atomic E-state index is 0.0227. The first-order chi connectivity index (χ1) is 23.7. The van der Waals surface area contributed by atoms with Crippen molar-refractivity contribution in [3.8, 4) is 11.1 Å². The molecule has 9 nitrogen and oxygen atoms in total. The Morgan fingerprint density at radius 3 is 2.27 bits per heavy atom. The fraction of sp³-hybridized carbons (Fsp3) is 0.350. The number of likely N-dealkylation sites (N-methyl/N-ethyl adjacent to an activating group) is 1. The second kappa shape index (κ2) is 17.3. The zero-order valence-corrected chi connectivity index (χ0v) is 28.1. The van der Waals surface area contributed by atoms with Gasteiger partial charge in [-0.05, 0) is 59.8 Å². The largest absolute Gasteiger partial charge is 0.481 e. The molecular weight excluding hydrogens is 620 g/mol. The van der Waals surface area contributed by atoms with E-state index in [0.29, 0.717) is 25.9 Å². The van der Waals surface area contributed by atoms with E-state index in [1.54, 1.807) is 0 Å². The van der Waals surface area contributed by atoms with Crippen molar-refractivity contribution in [1.82, 2.24) is 10.2 Å². The molecule has 5 rings (SSSR count). The Morgan fingerprint density at radius 1 is 0.857 bits per heavy atom. The second-order valence-corrected chi connectivity index (χ2v) is 12.7. The third-order valence-electron chi connectivity index (χ3n) is 9.13. The van der Waals surface area contributed by atoms with Crippen molar-refractivity contribution in [2.45, 2.75) is 76.4 Å². The van der Waals surface area contributed by atoms with Crippen LogP contribution >= 0.6 is 0 Å². The predicted octanol–water partition coefficient (Wildman–Crippen LogP) is 6.32. The maximum absolute atomic E-state index is 12.1. The first-order valence-corrected chi connectivity index (χ1v) is 16.8. The average molecular weight is 667 g/mol. The van der Waals surface area contributed by atoms with Crippen LogP contribution in [0.25, 0.3) is 11.1 Å². The summed E-state index contributed by atoms with van der Waals surface area (Å²) < 4.78 is 13.1. The molecule has 4 aromatic rings. The number of carboxylic acids is 1. The van der Waals surface area contributed by atoms with Crippen LogP contribution in [-0.4, -0.2) is 57.8 Å². The number of carbonyl (C=O) groups excluding carboxylic acids is 1. The molecule has 0 unspecified atom stereocenters. The number of rotatable bonds is 15. The fourth-order valence-electron chi connectivity index (χ4n) is 6.07. The van der Waals surface area contributed by atoms with Crippen molar-refractivity contribution in [2.75, 3.05) is 13.6 Å². The zero-order valence-electron chi connectivity index (χ0n) is 28.1. The summed E-state index contributed by atoms with van der Waals surface area (Å²) in [7, 11) is 2.00. The summed E-state index contributed by atoms with van der Waals surface area (Å²) in [4.78, 5) is 25.0. The molecule has 1 aliphatic heterocycles. The highest BCUT2D eigenvalue weighted by atomic mass is 16.7. The number of ether oxygens (including phenoxy) is 2. The average Bonchev–Trinajstić information content (AvgIpc) is 3.13. The van der Waals surface area contributed by atoms with Gasteiger partial charge in [0.25, 0.3) is 0 Å². The molecule has 5 atom stereocenters. The molecule has 0 spiro atoms. The van der Waals surface area contributed by atoms with E-state index in [4.69, 9.17) is 14.6 Å². The van der Waals surface area contributed by atoms with Crippen molar-refractivity contribution in [2.24, 2.45) is 0 Å². The summed E-state index contributed by atoms with van der Waals surface area (Å²) in [5.41, 5.74) is 6.56. The van der Waals surface area contributed by atoms with Gasteiger partial charge in [0.2, 0.25) is 5.91 Å². The molecule has 258 valence electrons. The number of nitrogens with one attached hydrogen (secondary N) is 1. The molecule has 1 heterocycles. The molecule has 0 saturated carbocycles. The molecule has 49 heavy (non-hydrogen) atoms. The second-order valence-electron chi connectivity index (χ2n) is 12.7. The van der Waals surface area contributed by atoms with Crippen LogP contribution in [0.2, 0.25) is 0 Å². The Morgan fingerprint density at radius 2 is 1.57 bits per heavy atom. The van der Waals surface area contributed by atoms with E-state index >= 15 is 0 Å². The van der Waals surface area contributed by atoms with Gasteiger partial charge in [-0.25, -0.2) is 0 Å². The van der Waals surface area contributed by atoms with Crippen molar-refractivity contribution in [3.63, 3.8) is 0 Å². The highest BCUT2D eigenvalue weighted by Gasteiger charge is 2.34. The molecule has 0 bridgehead atoms. The highest BCUT2D eigenvalue weighted by Crippen LogP contribution is 2.39. The summed E-state index contributed by atoms with van der Waals surface area (Å²) in [6, 6.07) is 33.4. The molecule has 4 N–H and O–H groups in total. The lowest BCUT2D eigenvalue weighted by Crippen LogP contribution is -2.43. The molecule has 1 saturated heterocycles. The van der Waals surface area contributed by atoms with Crippen LogP contribution in [-0.2, 0) is 32.2 Å². The molecule has 1 aliphatic rings. The number of benzene rings is 4. The van der Waals surface area contributed by atoms with Crippen LogP contribution in [0.5, 0.6) is 0 Å². The summed E-state index contributed by atoms with van der Waals surface area (Å²) >= 11 is 0. The third-order valence-corrected chi connectivity index (χ3v) is 9.13. The van der Waals surface area contributed by atoms with Gasteiger partial charge in [0.1, 0.15) is 0 Å². The van der Waals surface area contributed by atoms with Crippen LogP contribution in [0.3, 0.4) is 0 Å². The number of hydrogen-bond acceptors (Lipinski definition) is 7. The van der Waals surface area contributed by atoms with E-state index in [-0.39, 0.29) is 43.6 Å². The van der Waals surface area contributed by atoms with Crippen LogP contribution in [0, 0.1) is 0 Å². The Bertz CT molecular complexity index is 1650. The summed E-state index contributed by atoms with van der Waals surface area (Å²) in [6.45, 7) is 2.95. The maximum Gasteiger partial charge on any atom is 0.303 e. The quantitative estimate of drug-likeness (QED) is 0.116. The molecule has 0 radical (unpaired) electrons. The van der Waals surface area contributed by atoms with Gasteiger partial charge in [-0.1, -0.05) is 97.1 Å². The van der Waals surface area contributed by atoms with Gasteiger partial charge in [-0.2, -0.15) is 0 Å². The number of aliphatic hydroxyl groups is 2. The lowest BCUT2D eigenvalue weighted by atomic mass is 9.98. The predicted molar refractivity (Wildman–Crippen MR) is 187 cm³/mol. The van der Waals surface area contributed by atoms with Crippen molar-refractivity contribution >= 4 is 11.9 Å². The van der Waals surface area contributed by atoms with E-state index in [1.807, 2.05) is 117 Å². The number of nitrogens with zero attached hydrogens (tertiary/aromatic N) is 1. The molecule has 0 aromatic heterocycles. The summed E-state index contributed by atoms with van der Waals surface area (Å²) in [6.07, 6.45) is -0.553. The molecular formula is C40H46N2O7. The fourth-order valence-corrected chi connectivity index (χ4v) is 6.07. The Balaban J connectivity index is 1.28. The van der Waals surface area contributed by atoms with Crippen LogP contribution in [0.15, 0.2) is 103 Å². The van der Waals surface area contributed by atoms with Gasteiger partial charge >= 0.3 is 5.97 Å². The van der Waals surface area contributed by atoms with Crippen LogP contribution < -0.4 is 5.32 Å². The van der Waals surface area contributed by atoms with E-state index < -0.39 is 18.4 Å². The van der Waals surface area contributed by atoms with E-state index in [0.717, 1.165) is 38.9 Å². The Labute approximate surface area is 288 Å². The zero-order chi connectivity index (χ0) is 34.8. The SMILES string of the molecule is C[C@@H]([C@H](O)c1ccccc1)N(C)C[C@@H]1C[C@H](c2ccc(CO)cc2)O[C@H](c2ccc(-c3cccc(CNC(=O)CCCC(=O)O)c3)cc2)O1. The smallest absolute Gasteiger partial charge is 0.303 e. The molecule has 1 fully saturated rings. The van der Waals surface area contributed by atoms with Gasteiger partial charge < -0.3 is 30.1 Å². The molecule has 1 amide bonds. The monoisotopic (exact) mass is 666 g/mol. The van der Waals surface area contributed by atoms with Gasteiger partial charge in [0.15, 0.2) is 6.29 Å². The third kappa shape index (κ3) is 10.1. The number of hydrogen-bond donors (Lipinski definition) is 4. The number of amides is 1. The Kier molecular flexibility index (Phi) is 12.7. The van der Waals surface area contributed by atoms with Crippen LogP contribution in [0.4, 0.5) is 0 Å². The van der Waals surface area contributed by atoms with E-state index in [9.17, 15) is 19.8 Å². The van der Waals surface area contributed by atoms with E-state index in [2.05, 4.69) is 10.2 Å². The summed E-state index contributed by atoms with van der Waals surface area (Å²) in [5, 5.41) is 32.3. The number of aliphatic hydroxyl groups excluding tert-OH is 2. The molecule has 0 aliphatic carbocycles. The standard InChI is InChI=1S/C40H46N2O7/c1-27(39(47)32-9-4-3-5-10-32)42(2)25-35-23-36(31-16-14-28(26-43)15-17-31)49-40(48-35)33-20-18-30(19-21-33)34-11-6-8-29(22-34)24-41-37(44)12-7-13-38(45)46/h3-6,8-11,14-22,27,35-36,39-40,43,47H,7,12-13,23-26H2,1-2H3,(H,41,44)(H,45,46)/t27-,35-,36+,39-,40+/m0/s1. The van der Waals surface area contributed by atoms with Crippen molar-refractivity contribution < 1.29 is 34.4 Å². The number of carbonyl (C=O) groups is 2. The first kappa shape index (κ1) is 35.9. The van der Waals surface area contributed by atoms with Crippen LogP contribution in [0.1, 0.15) is 78.9 Å². The first-order valence-electron chi connectivity index (χ1n) is 16.8. The highest BCUT2D eigenvalue weighted by molar-refractivity contribution is 5.76. The van der Waals surface area contributed by atoms with Gasteiger partial charge in [-0.15, -0.1) is 0 Å². The molecule has 9 heteroatoms. The maximum atomic E-state index is 12.1. The number of carboxylic acid groups (broad SMARTS) is 1. The Hall–Kier alpha value is -4.38. The topological polar surface area (TPSA) is 129 Å². The minimum atomic E-state index is -0.904. The van der Waals surface area contributed by atoms with E-state index in [1.165, 1.54) is 0 Å². The molecule has 4 aromatic carbocycles. The van der Waals surface area contributed by atoms with Crippen molar-refractivity contribution in [3.05, 3.63) is 131 Å². The van der Waals surface area contributed by atoms with Gasteiger partial charge in [-0.3, -0.25) is 14.5 Å². The van der Waals surface area contributed by atoms with Gasteiger partial charge in [0.05, 0.1) is 24.9 Å². The lowest BCUT2D eigenvalue weighted by molar-refractivity contribution is -0.253.